The van der Waals surface area contributed by atoms with Gasteiger partial charge in [0.15, 0.2) is 5.13 Å². The van der Waals surface area contributed by atoms with Gasteiger partial charge in [-0.1, -0.05) is 37.6 Å². The first-order valence-electron chi connectivity index (χ1n) is 6.98. The van der Waals surface area contributed by atoms with Crippen LogP contribution in [0.25, 0.3) is 11.3 Å². The lowest BCUT2D eigenvalue weighted by molar-refractivity contribution is -0.118. The maximum absolute atomic E-state index is 11.9. The molecule has 1 heterocycles. The van der Waals surface area contributed by atoms with E-state index in [0.717, 1.165) is 11.3 Å². The van der Waals surface area contributed by atoms with Crippen LogP contribution in [0.15, 0.2) is 23.6 Å². The van der Waals surface area contributed by atoms with Crippen molar-refractivity contribution in [1.82, 2.24) is 4.98 Å². The lowest BCUT2D eigenvalue weighted by Gasteiger charge is -2.13. The highest BCUT2D eigenvalue weighted by atomic mass is 32.1. The molecular formula is C16H21N3OS. The fourth-order valence-corrected chi connectivity index (χ4v) is 2.76. The fraction of sp³-hybridized carbons (Fsp3) is 0.375. The third-order valence-corrected chi connectivity index (χ3v) is 4.17. The zero-order valence-corrected chi connectivity index (χ0v) is 13.6. The van der Waals surface area contributed by atoms with Gasteiger partial charge in [0.05, 0.1) is 11.7 Å². The molecule has 5 heteroatoms. The summed E-state index contributed by atoms with van der Waals surface area (Å²) in [5, 5.41) is 5.33. The number of benzene rings is 1. The molecule has 112 valence electrons. The summed E-state index contributed by atoms with van der Waals surface area (Å²) in [5.74, 6) is -0.0877. The number of anilines is 1. The van der Waals surface area contributed by atoms with Crippen molar-refractivity contribution in [2.45, 2.75) is 33.7 Å². The Labute approximate surface area is 129 Å². The fourth-order valence-electron chi connectivity index (χ4n) is 2.05. The Kier molecular flexibility index (Phi) is 4.75. The summed E-state index contributed by atoms with van der Waals surface area (Å²) in [6.07, 6.45) is 0. The van der Waals surface area contributed by atoms with Crippen molar-refractivity contribution in [3.8, 4) is 11.3 Å². The van der Waals surface area contributed by atoms with E-state index in [1.807, 2.05) is 19.2 Å². The Morgan fingerprint density at radius 3 is 2.67 bits per heavy atom. The van der Waals surface area contributed by atoms with E-state index in [-0.39, 0.29) is 11.8 Å². The third-order valence-electron chi connectivity index (χ3n) is 3.41. The molecule has 0 spiro atoms. The summed E-state index contributed by atoms with van der Waals surface area (Å²) in [6, 6.07) is 5.74. The van der Waals surface area contributed by atoms with Crippen molar-refractivity contribution >= 4 is 22.4 Å². The molecule has 0 saturated carbocycles. The molecular weight excluding hydrogens is 282 g/mol. The molecule has 1 unspecified atom stereocenters. The molecule has 21 heavy (non-hydrogen) atoms. The first-order valence-corrected chi connectivity index (χ1v) is 7.86. The van der Waals surface area contributed by atoms with E-state index >= 15 is 0 Å². The zero-order chi connectivity index (χ0) is 15.6. The van der Waals surface area contributed by atoms with Gasteiger partial charge < -0.3 is 11.1 Å². The Balaban J connectivity index is 2.17. The predicted octanol–water partition coefficient (Wildman–Crippen LogP) is 3.35. The number of rotatable bonds is 4. The zero-order valence-electron chi connectivity index (χ0n) is 12.8. The average Bonchev–Trinajstić information content (AvgIpc) is 2.85. The van der Waals surface area contributed by atoms with Gasteiger partial charge in [-0.15, -0.1) is 11.3 Å². The number of thiazole rings is 1. The molecule has 4 nitrogen and oxygen atoms in total. The van der Waals surface area contributed by atoms with E-state index in [1.54, 1.807) is 0 Å². The highest BCUT2D eigenvalue weighted by Gasteiger charge is 2.18. The first kappa shape index (κ1) is 15.7. The second-order valence-corrected chi connectivity index (χ2v) is 6.47. The van der Waals surface area contributed by atoms with Crippen molar-refractivity contribution < 1.29 is 4.79 Å². The molecule has 1 aromatic carbocycles. The number of carbonyl (C=O) groups excluding carboxylic acids is 1. The number of nitrogens with two attached hydrogens (primary N) is 1. The molecule has 3 N–H and O–H groups in total. The highest BCUT2D eigenvalue weighted by Crippen LogP contribution is 2.28. The number of nitrogens with one attached hydrogen (secondary N) is 1. The number of amides is 1. The quantitative estimate of drug-likeness (QED) is 0.910. The van der Waals surface area contributed by atoms with Crippen molar-refractivity contribution in [3.05, 3.63) is 34.7 Å². The second-order valence-electron chi connectivity index (χ2n) is 5.62. The van der Waals surface area contributed by atoms with Crippen LogP contribution >= 0.6 is 11.3 Å². The van der Waals surface area contributed by atoms with Crippen molar-refractivity contribution in [2.24, 2.45) is 11.7 Å². The van der Waals surface area contributed by atoms with Gasteiger partial charge in [0, 0.05) is 10.9 Å². The molecule has 1 amide bonds. The minimum atomic E-state index is -0.515. The van der Waals surface area contributed by atoms with E-state index in [9.17, 15) is 4.79 Å². The molecule has 0 aliphatic rings. The molecule has 2 aromatic rings. The molecule has 1 aromatic heterocycles. The van der Waals surface area contributed by atoms with Crippen LogP contribution in [0.1, 0.15) is 25.0 Å². The number of hydrogen-bond donors (Lipinski definition) is 2. The summed E-state index contributed by atoms with van der Waals surface area (Å²) in [7, 11) is 0. The molecule has 1 atom stereocenters. The minimum absolute atomic E-state index is 0.101. The summed E-state index contributed by atoms with van der Waals surface area (Å²) < 4.78 is 0. The maximum Gasteiger partial charge on any atom is 0.243 e. The molecule has 0 radical (unpaired) electrons. The Morgan fingerprint density at radius 2 is 2.05 bits per heavy atom. The highest BCUT2D eigenvalue weighted by molar-refractivity contribution is 7.14. The van der Waals surface area contributed by atoms with E-state index in [0.29, 0.717) is 5.13 Å². The molecule has 0 fully saturated rings. The monoisotopic (exact) mass is 303 g/mol. The first-order chi connectivity index (χ1) is 9.88. The summed E-state index contributed by atoms with van der Waals surface area (Å²) >= 11 is 1.42. The van der Waals surface area contributed by atoms with Gasteiger partial charge in [0.2, 0.25) is 5.91 Å². The Morgan fingerprint density at radius 1 is 1.33 bits per heavy atom. The lowest BCUT2D eigenvalue weighted by Crippen LogP contribution is -2.39. The van der Waals surface area contributed by atoms with Crippen LogP contribution in [0.5, 0.6) is 0 Å². The SMILES string of the molecule is Cc1ccc(-c2csc(NC(=O)C(N)C(C)C)n2)c(C)c1. The number of nitrogens with zero attached hydrogens (tertiary/aromatic N) is 1. The number of carbonyl (C=O) groups is 1. The van der Waals surface area contributed by atoms with Crippen molar-refractivity contribution in [3.63, 3.8) is 0 Å². The molecule has 0 bridgehead atoms. The van der Waals surface area contributed by atoms with Gasteiger partial charge in [0.25, 0.3) is 0 Å². The molecule has 0 aliphatic heterocycles. The van der Waals surface area contributed by atoms with Gasteiger partial charge in [-0.2, -0.15) is 0 Å². The van der Waals surface area contributed by atoms with Crippen molar-refractivity contribution in [1.29, 1.82) is 0 Å². The predicted molar refractivity (Wildman–Crippen MR) is 88.5 cm³/mol. The average molecular weight is 303 g/mol. The molecule has 0 saturated heterocycles. The van der Waals surface area contributed by atoms with Gasteiger partial charge in [0.1, 0.15) is 0 Å². The third kappa shape index (κ3) is 3.68. The number of aryl methyl sites for hydroxylation is 2. The molecule has 0 aliphatic carbocycles. The number of aromatic nitrogens is 1. The molecule has 2 rings (SSSR count). The van der Waals surface area contributed by atoms with Crippen LogP contribution in [0.4, 0.5) is 5.13 Å². The van der Waals surface area contributed by atoms with Crippen LogP contribution in [-0.4, -0.2) is 16.9 Å². The lowest BCUT2D eigenvalue weighted by atomic mass is 10.0. The summed E-state index contributed by atoms with van der Waals surface area (Å²) in [4.78, 5) is 16.4. The summed E-state index contributed by atoms with van der Waals surface area (Å²) in [5.41, 5.74) is 10.2. The second kappa shape index (κ2) is 6.37. The van der Waals surface area contributed by atoms with Crippen LogP contribution in [0.3, 0.4) is 0 Å². The van der Waals surface area contributed by atoms with Gasteiger partial charge in [-0.25, -0.2) is 4.98 Å². The van der Waals surface area contributed by atoms with Crippen molar-refractivity contribution in [2.75, 3.05) is 5.32 Å². The Bertz CT molecular complexity index is 649. The summed E-state index contributed by atoms with van der Waals surface area (Å²) in [6.45, 7) is 7.98. The number of hydrogen-bond acceptors (Lipinski definition) is 4. The maximum atomic E-state index is 11.9. The van der Waals surface area contributed by atoms with Crippen LogP contribution < -0.4 is 11.1 Å². The minimum Gasteiger partial charge on any atom is -0.320 e. The van der Waals surface area contributed by atoms with Gasteiger partial charge in [-0.05, 0) is 25.3 Å². The van der Waals surface area contributed by atoms with Gasteiger partial charge >= 0.3 is 0 Å². The van der Waals surface area contributed by atoms with E-state index in [1.165, 1.54) is 22.5 Å². The van der Waals surface area contributed by atoms with E-state index in [2.05, 4.69) is 42.3 Å². The van der Waals surface area contributed by atoms with Crippen LogP contribution in [-0.2, 0) is 4.79 Å². The normalized spacial score (nSPS) is 12.5. The van der Waals surface area contributed by atoms with Gasteiger partial charge in [-0.3, -0.25) is 4.79 Å². The van der Waals surface area contributed by atoms with E-state index in [4.69, 9.17) is 5.73 Å². The Hall–Kier alpha value is -1.72. The smallest absolute Gasteiger partial charge is 0.243 e. The van der Waals surface area contributed by atoms with E-state index < -0.39 is 6.04 Å². The van der Waals surface area contributed by atoms with Crippen LogP contribution in [0, 0.1) is 19.8 Å². The van der Waals surface area contributed by atoms with Crippen LogP contribution in [0.2, 0.25) is 0 Å². The topological polar surface area (TPSA) is 68.0 Å². The standard InChI is InChI=1S/C16H21N3OS/c1-9(2)14(17)15(20)19-16-18-13(8-21-16)12-6-5-10(3)7-11(12)4/h5-9,14H,17H2,1-4H3,(H,18,19,20). The largest absolute Gasteiger partial charge is 0.320 e.